The van der Waals surface area contributed by atoms with E-state index in [9.17, 15) is 9.59 Å². The number of rotatable bonds is 4. The van der Waals surface area contributed by atoms with Crippen molar-refractivity contribution in [3.05, 3.63) is 25.6 Å². The van der Waals surface area contributed by atoms with E-state index >= 15 is 0 Å². The van der Waals surface area contributed by atoms with Gasteiger partial charge in [0.15, 0.2) is 0 Å². The van der Waals surface area contributed by atoms with E-state index in [-0.39, 0.29) is 6.54 Å². The van der Waals surface area contributed by atoms with Crippen LogP contribution in [-0.4, -0.2) is 23.7 Å². The van der Waals surface area contributed by atoms with E-state index in [0.29, 0.717) is 14.6 Å². The second-order valence-corrected chi connectivity index (χ2v) is 7.37. The molecule has 1 rings (SSSR count). The van der Waals surface area contributed by atoms with Crippen LogP contribution in [0.5, 0.6) is 0 Å². The average molecular weight is 473 g/mol. The molecule has 0 atom stereocenters. The lowest BCUT2D eigenvalue weighted by molar-refractivity contribution is -0.146. The molecule has 0 heterocycles. The molecule has 2 amide bonds. The third-order valence-electron chi connectivity index (χ3n) is 2.52. The quantitative estimate of drug-likeness (QED) is 0.614. The molecule has 3 N–H and O–H groups in total. The van der Waals surface area contributed by atoms with Crippen molar-refractivity contribution in [1.82, 2.24) is 5.32 Å². The van der Waals surface area contributed by atoms with Crippen LogP contribution in [0.2, 0.25) is 0 Å². The highest BCUT2D eigenvalue weighted by atomic mass is 79.9. The van der Waals surface area contributed by atoms with Crippen LogP contribution in [0.4, 0.5) is 10.5 Å². The van der Waals surface area contributed by atoms with Crippen LogP contribution in [0.1, 0.15) is 13.8 Å². The Morgan fingerprint density at radius 2 is 1.70 bits per heavy atom. The van der Waals surface area contributed by atoms with Gasteiger partial charge in [0, 0.05) is 20.0 Å². The summed E-state index contributed by atoms with van der Waals surface area (Å²) < 4.78 is 2.26. The van der Waals surface area contributed by atoms with Crippen LogP contribution in [0.15, 0.2) is 25.6 Å². The molecule has 8 heteroatoms. The Balaban J connectivity index is 2.71. The predicted octanol–water partition coefficient (Wildman–Crippen LogP) is 4.21. The van der Waals surface area contributed by atoms with Crippen LogP contribution in [0, 0.1) is 5.41 Å². The summed E-state index contributed by atoms with van der Waals surface area (Å²) in [5.41, 5.74) is -0.454. The molecule has 1 aromatic carbocycles. The molecule has 0 spiro atoms. The molecular weight excluding hydrogens is 460 g/mol. The van der Waals surface area contributed by atoms with E-state index in [1.54, 1.807) is 26.0 Å². The predicted molar refractivity (Wildman–Crippen MR) is 88.0 cm³/mol. The second kappa shape index (κ2) is 6.91. The van der Waals surface area contributed by atoms with E-state index in [1.807, 2.05) is 0 Å². The summed E-state index contributed by atoms with van der Waals surface area (Å²) in [5, 5.41) is 14.2. The first-order valence-corrected chi connectivity index (χ1v) is 7.94. The summed E-state index contributed by atoms with van der Waals surface area (Å²) in [7, 11) is 0. The highest BCUT2D eigenvalue weighted by Crippen LogP contribution is 2.34. The van der Waals surface area contributed by atoms with Gasteiger partial charge in [-0.1, -0.05) is 15.9 Å². The van der Waals surface area contributed by atoms with Crippen molar-refractivity contribution in [2.24, 2.45) is 5.41 Å². The number of carbonyl (C=O) groups is 2. The lowest BCUT2D eigenvalue weighted by atomic mass is 9.94. The number of hydrogen-bond donors (Lipinski definition) is 3. The van der Waals surface area contributed by atoms with Gasteiger partial charge in [0.25, 0.3) is 0 Å². The van der Waals surface area contributed by atoms with Gasteiger partial charge in [0.1, 0.15) is 0 Å². The minimum absolute atomic E-state index is 0.0277. The minimum atomic E-state index is -1.02. The van der Waals surface area contributed by atoms with Crippen LogP contribution in [0.25, 0.3) is 0 Å². The van der Waals surface area contributed by atoms with E-state index in [2.05, 4.69) is 58.4 Å². The van der Waals surface area contributed by atoms with Crippen molar-refractivity contribution in [3.63, 3.8) is 0 Å². The third-order valence-corrected chi connectivity index (χ3v) is 4.22. The third kappa shape index (κ3) is 4.75. The Bertz CT molecular complexity index is 524. The Kier molecular flexibility index (Phi) is 6.03. The number of benzene rings is 1. The zero-order valence-corrected chi connectivity index (χ0v) is 15.5. The van der Waals surface area contributed by atoms with E-state index in [0.717, 1.165) is 4.47 Å². The van der Waals surface area contributed by atoms with Gasteiger partial charge in [-0.15, -0.1) is 0 Å². The first-order valence-electron chi connectivity index (χ1n) is 5.56. The van der Waals surface area contributed by atoms with E-state index in [4.69, 9.17) is 5.11 Å². The Morgan fingerprint density at radius 3 is 2.15 bits per heavy atom. The number of carbonyl (C=O) groups excluding carboxylic acids is 1. The maximum atomic E-state index is 11.8. The zero-order chi connectivity index (χ0) is 15.5. The minimum Gasteiger partial charge on any atom is -0.481 e. The fourth-order valence-electron chi connectivity index (χ4n) is 1.20. The first-order chi connectivity index (χ1) is 9.13. The van der Waals surface area contributed by atoms with Crippen LogP contribution < -0.4 is 10.6 Å². The van der Waals surface area contributed by atoms with Crippen molar-refractivity contribution >= 4 is 65.5 Å². The summed E-state index contributed by atoms with van der Waals surface area (Å²) in [6.07, 6.45) is 0. The van der Waals surface area contributed by atoms with Crippen LogP contribution in [-0.2, 0) is 4.79 Å². The van der Waals surface area contributed by atoms with Gasteiger partial charge >= 0.3 is 12.0 Å². The maximum Gasteiger partial charge on any atom is 0.319 e. The molecule has 0 saturated heterocycles. The number of carboxylic acids is 1. The normalized spacial score (nSPS) is 11.1. The second-order valence-electron chi connectivity index (χ2n) is 4.74. The Morgan fingerprint density at radius 1 is 1.20 bits per heavy atom. The monoisotopic (exact) mass is 470 g/mol. The van der Waals surface area contributed by atoms with Gasteiger partial charge < -0.3 is 15.7 Å². The number of hydrogen-bond acceptors (Lipinski definition) is 2. The molecule has 5 nitrogen and oxygen atoms in total. The smallest absolute Gasteiger partial charge is 0.319 e. The highest BCUT2D eigenvalue weighted by molar-refractivity contribution is 9.11. The summed E-state index contributed by atoms with van der Waals surface area (Å²) in [5.74, 6) is -0.969. The fraction of sp³-hybridized carbons (Fsp3) is 0.333. The fourth-order valence-corrected chi connectivity index (χ4v) is 3.65. The van der Waals surface area contributed by atoms with Gasteiger partial charge in [-0.25, -0.2) is 4.79 Å². The number of anilines is 1. The summed E-state index contributed by atoms with van der Waals surface area (Å²) in [6.45, 7) is 3.11. The Labute approximate surface area is 141 Å². The van der Waals surface area contributed by atoms with Gasteiger partial charge in [0.05, 0.1) is 11.1 Å². The molecule has 0 aromatic heterocycles. The molecule has 110 valence electrons. The number of carboxylic acid groups (broad SMARTS) is 1. The molecule has 0 saturated carbocycles. The lowest BCUT2D eigenvalue weighted by Crippen LogP contribution is -2.40. The average Bonchev–Trinajstić information content (AvgIpc) is 2.31. The first kappa shape index (κ1) is 17.5. The summed E-state index contributed by atoms with van der Waals surface area (Å²) in [6, 6.07) is 3.12. The van der Waals surface area contributed by atoms with Crippen LogP contribution in [0.3, 0.4) is 0 Å². The highest BCUT2D eigenvalue weighted by Gasteiger charge is 2.27. The number of amides is 2. The van der Waals surface area contributed by atoms with Gasteiger partial charge in [-0.05, 0) is 57.8 Å². The number of halogens is 3. The lowest BCUT2D eigenvalue weighted by Gasteiger charge is -2.20. The van der Waals surface area contributed by atoms with Crippen molar-refractivity contribution in [1.29, 1.82) is 0 Å². The zero-order valence-electron chi connectivity index (χ0n) is 10.8. The molecule has 0 unspecified atom stereocenters. The molecular formula is C12H13Br3N2O3. The van der Waals surface area contributed by atoms with Crippen molar-refractivity contribution in [2.45, 2.75) is 13.8 Å². The molecule has 0 bridgehead atoms. The van der Waals surface area contributed by atoms with Crippen molar-refractivity contribution in [3.8, 4) is 0 Å². The topological polar surface area (TPSA) is 78.4 Å². The summed E-state index contributed by atoms with van der Waals surface area (Å²) >= 11 is 10.0. The molecule has 1 aromatic rings. The van der Waals surface area contributed by atoms with Crippen molar-refractivity contribution in [2.75, 3.05) is 11.9 Å². The molecule has 0 radical (unpaired) electrons. The van der Waals surface area contributed by atoms with Crippen molar-refractivity contribution < 1.29 is 14.7 Å². The largest absolute Gasteiger partial charge is 0.481 e. The summed E-state index contributed by atoms with van der Waals surface area (Å²) in [4.78, 5) is 22.7. The molecule has 0 fully saturated rings. The number of nitrogens with one attached hydrogen (secondary N) is 2. The Hall–Kier alpha value is -0.600. The van der Waals surface area contributed by atoms with E-state index in [1.165, 1.54) is 0 Å². The number of aliphatic carboxylic acids is 1. The molecule has 20 heavy (non-hydrogen) atoms. The van der Waals surface area contributed by atoms with Gasteiger partial charge in [-0.3, -0.25) is 4.79 Å². The molecule has 0 aliphatic carbocycles. The maximum absolute atomic E-state index is 11.8. The molecule has 0 aliphatic rings. The van der Waals surface area contributed by atoms with Crippen LogP contribution >= 0.6 is 47.8 Å². The van der Waals surface area contributed by atoms with E-state index < -0.39 is 17.4 Å². The van der Waals surface area contributed by atoms with Gasteiger partial charge in [0.2, 0.25) is 0 Å². The molecule has 0 aliphatic heterocycles. The number of urea groups is 1. The standard InChI is InChI=1S/C12H13Br3N2O3/c1-12(2,10(18)19)5-16-11(20)17-9-7(14)3-6(13)4-8(9)15/h3-4H,5H2,1-2H3,(H,18,19)(H2,16,17,20). The SMILES string of the molecule is CC(C)(CNC(=O)Nc1c(Br)cc(Br)cc1Br)C(=O)O. The van der Waals surface area contributed by atoms with Gasteiger partial charge in [-0.2, -0.15) is 0 Å².